The van der Waals surface area contributed by atoms with Crippen LogP contribution in [0.25, 0.3) is 0 Å². The van der Waals surface area contributed by atoms with Crippen molar-refractivity contribution in [1.82, 2.24) is 9.78 Å². The molecular formula is C8H13ClN2O. The number of rotatable bonds is 3. The van der Waals surface area contributed by atoms with E-state index in [2.05, 4.69) is 5.10 Å². The quantitative estimate of drug-likeness (QED) is 0.774. The van der Waals surface area contributed by atoms with Crippen molar-refractivity contribution in [3.05, 3.63) is 16.4 Å². The summed E-state index contributed by atoms with van der Waals surface area (Å²) in [5.41, 5.74) is 1.82. The van der Waals surface area contributed by atoms with Gasteiger partial charge in [-0.05, 0) is 6.42 Å². The number of nitrogens with zero attached hydrogens (tertiary/aromatic N) is 2. The van der Waals surface area contributed by atoms with E-state index in [0.717, 1.165) is 17.8 Å². The zero-order chi connectivity index (χ0) is 9.14. The topological polar surface area (TPSA) is 38.0 Å². The minimum Gasteiger partial charge on any atom is -0.396 e. The molecule has 0 aliphatic rings. The summed E-state index contributed by atoms with van der Waals surface area (Å²) < 4.78 is 1.73. The molecule has 1 aromatic rings. The summed E-state index contributed by atoms with van der Waals surface area (Å²) in [6.45, 7) is 2.12. The van der Waals surface area contributed by atoms with Gasteiger partial charge >= 0.3 is 0 Å². The fraction of sp³-hybridized carbons (Fsp3) is 0.625. The van der Waals surface area contributed by atoms with Gasteiger partial charge in [-0.3, -0.25) is 4.68 Å². The van der Waals surface area contributed by atoms with E-state index < -0.39 is 0 Å². The lowest BCUT2D eigenvalue weighted by molar-refractivity contribution is 0.296. The van der Waals surface area contributed by atoms with Gasteiger partial charge in [0.2, 0.25) is 0 Å². The molecular weight excluding hydrogens is 176 g/mol. The minimum absolute atomic E-state index is 0.113. The van der Waals surface area contributed by atoms with Crippen LogP contribution in [0.2, 0.25) is 5.02 Å². The van der Waals surface area contributed by atoms with Crippen LogP contribution in [0.3, 0.4) is 0 Å². The predicted molar refractivity (Wildman–Crippen MR) is 48.4 cm³/mol. The smallest absolute Gasteiger partial charge is 0.0850 e. The van der Waals surface area contributed by atoms with Gasteiger partial charge in [-0.1, -0.05) is 18.5 Å². The zero-order valence-electron chi connectivity index (χ0n) is 7.34. The van der Waals surface area contributed by atoms with E-state index in [1.54, 1.807) is 4.68 Å². The maximum Gasteiger partial charge on any atom is 0.0850 e. The number of halogens is 1. The van der Waals surface area contributed by atoms with Crippen molar-refractivity contribution in [3.63, 3.8) is 0 Å². The molecule has 0 spiro atoms. The third-order valence-corrected chi connectivity index (χ3v) is 2.29. The van der Waals surface area contributed by atoms with E-state index in [1.165, 1.54) is 0 Å². The van der Waals surface area contributed by atoms with Crippen molar-refractivity contribution in [2.75, 3.05) is 6.61 Å². The summed E-state index contributed by atoms with van der Waals surface area (Å²) in [6, 6.07) is 0. The first-order valence-electron chi connectivity index (χ1n) is 4.01. The van der Waals surface area contributed by atoms with Gasteiger partial charge in [0.05, 0.1) is 16.4 Å². The largest absolute Gasteiger partial charge is 0.396 e. The van der Waals surface area contributed by atoms with Crippen molar-refractivity contribution in [2.45, 2.75) is 19.8 Å². The molecule has 0 radical (unpaired) electrons. The number of aryl methyl sites for hydroxylation is 2. The van der Waals surface area contributed by atoms with E-state index in [-0.39, 0.29) is 6.61 Å². The van der Waals surface area contributed by atoms with Gasteiger partial charge in [0, 0.05) is 20.1 Å². The second kappa shape index (κ2) is 3.92. The highest BCUT2D eigenvalue weighted by Gasteiger charge is 2.11. The number of hydrogen-bond acceptors (Lipinski definition) is 2. The van der Waals surface area contributed by atoms with Crippen molar-refractivity contribution >= 4 is 11.6 Å². The molecule has 0 bridgehead atoms. The monoisotopic (exact) mass is 188 g/mol. The van der Waals surface area contributed by atoms with Gasteiger partial charge in [0.1, 0.15) is 0 Å². The minimum atomic E-state index is 0.113. The Kier molecular flexibility index (Phi) is 3.12. The molecule has 1 rings (SSSR count). The molecule has 0 aliphatic heterocycles. The van der Waals surface area contributed by atoms with Gasteiger partial charge in [-0.2, -0.15) is 5.10 Å². The molecule has 0 saturated heterocycles. The summed E-state index contributed by atoms with van der Waals surface area (Å²) in [4.78, 5) is 0. The second-order valence-corrected chi connectivity index (χ2v) is 3.04. The van der Waals surface area contributed by atoms with Crippen molar-refractivity contribution in [1.29, 1.82) is 0 Å². The molecule has 0 aliphatic carbocycles. The lowest BCUT2D eigenvalue weighted by atomic mass is 10.2. The Morgan fingerprint density at radius 1 is 1.58 bits per heavy atom. The van der Waals surface area contributed by atoms with Crippen LogP contribution in [0.5, 0.6) is 0 Å². The number of aliphatic hydroxyl groups is 1. The normalized spacial score (nSPS) is 10.7. The summed E-state index contributed by atoms with van der Waals surface area (Å²) in [6.07, 6.45) is 1.40. The Bertz CT molecular complexity index is 270. The van der Waals surface area contributed by atoms with E-state index >= 15 is 0 Å². The molecule has 0 saturated carbocycles. The van der Waals surface area contributed by atoms with E-state index in [1.807, 2.05) is 14.0 Å². The fourth-order valence-corrected chi connectivity index (χ4v) is 1.59. The molecule has 0 amide bonds. The Hall–Kier alpha value is -0.540. The number of aliphatic hydroxyl groups excluding tert-OH is 1. The van der Waals surface area contributed by atoms with Crippen molar-refractivity contribution in [2.24, 2.45) is 7.05 Å². The van der Waals surface area contributed by atoms with E-state index in [4.69, 9.17) is 16.7 Å². The number of aromatic nitrogens is 2. The Morgan fingerprint density at radius 3 is 2.67 bits per heavy atom. The zero-order valence-corrected chi connectivity index (χ0v) is 8.10. The number of hydrogen-bond donors (Lipinski definition) is 1. The van der Waals surface area contributed by atoms with Crippen LogP contribution in [0.4, 0.5) is 0 Å². The summed E-state index contributed by atoms with van der Waals surface area (Å²) in [5.74, 6) is 0. The average molecular weight is 189 g/mol. The molecule has 1 aromatic heterocycles. The molecule has 4 heteroatoms. The lowest BCUT2D eigenvalue weighted by Crippen LogP contribution is -2.00. The first kappa shape index (κ1) is 9.55. The summed E-state index contributed by atoms with van der Waals surface area (Å²) in [5, 5.41) is 13.7. The van der Waals surface area contributed by atoms with Gasteiger partial charge in [-0.25, -0.2) is 0 Å². The molecule has 3 nitrogen and oxygen atoms in total. The maximum absolute atomic E-state index is 8.75. The van der Waals surface area contributed by atoms with Crippen molar-refractivity contribution in [3.8, 4) is 0 Å². The Labute approximate surface area is 77.0 Å². The lowest BCUT2D eigenvalue weighted by Gasteiger charge is -1.97. The van der Waals surface area contributed by atoms with E-state index in [9.17, 15) is 0 Å². The second-order valence-electron chi connectivity index (χ2n) is 2.66. The van der Waals surface area contributed by atoms with Crippen LogP contribution in [-0.4, -0.2) is 21.5 Å². The summed E-state index contributed by atoms with van der Waals surface area (Å²) in [7, 11) is 1.84. The van der Waals surface area contributed by atoms with Crippen LogP contribution >= 0.6 is 11.6 Å². The Balaban J connectivity index is 3.01. The van der Waals surface area contributed by atoms with Crippen LogP contribution < -0.4 is 0 Å². The Morgan fingerprint density at radius 2 is 2.25 bits per heavy atom. The molecule has 1 heterocycles. The van der Waals surface area contributed by atoms with Crippen LogP contribution in [0, 0.1) is 0 Å². The standard InChI is InChI=1S/C8H13ClN2O/c1-3-6-8(9)7(4-5-12)11(2)10-6/h12H,3-5H2,1-2H3. The third kappa shape index (κ3) is 1.62. The van der Waals surface area contributed by atoms with E-state index in [0.29, 0.717) is 11.4 Å². The highest BCUT2D eigenvalue weighted by molar-refractivity contribution is 6.31. The first-order valence-corrected chi connectivity index (χ1v) is 4.39. The van der Waals surface area contributed by atoms with Gasteiger partial charge in [0.15, 0.2) is 0 Å². The van der Waals surface area contributed by atoms with Crippen LogP contribution in [0.15, 0.2) is 0 Å². The fourth-order valence-electron chi connectivity index (χ4n) is 1.20. The van der Waals surface area contributed by atoms with Gasteiger partial charge < -0.3 is 5.11 Å². The van der Waals surface area contributed by atoms with Crippen LogP contribution in [0.1, 0.15) is 18.3 Å². The van der Waals surface area contributed by atoms with Gasteiger partial charge in [0.25, 0.3) is 0 Å². The highest BCUT2D eigenvalue weighted by atomic mass is 35.5. The highest BCUT2D eigenvalue weighted by Crippen LogP contribution is 2.20. The predicted octanol–water partition coefficient (Wildman–Crippen LogP) is 1.17. The molecule has 0 unspecified atom stereocenters. The first-order chi connectivity index (χ1) is 5.70. The molecule has 12 heavy (non-hydrogen) atoms. The molecule has 0 atom stereocenters. The SMILES string of the molecule is CCc1nn(C)c(CCO)c1Cl. The maximum atomic E-state index is 8.75. The van der Waals surface area contributed by atoms with Gasteiger partial charge in [-0.15, -0.1) is 0 Å². The average Bonchev–Trinajstić information content (AvgIpc) is 2.32. The van der Waals surface area contributed by atoms with Crippen LogP contribution in [-0.2, 0) is 19.9 Å². The molecule has 68 valence electrons. The molecule has 1 N–H and O–H groups in total. The molecule has 0 fully saturated rings. The van der Waals surface area contributed by atoms with Crippen molar-refractivity contribution < 1.29 is 5.11 Å². The summed E-state index contributed by atoms with van der Waals surface area (Å²) >= 11 is 6.01. The molecule has 0 aromatic carbocycles. The third-order valence-electron chi connectivity index (χ3n) is 1.85.